The van der Waals surface area contributed by atoms with E-state index in [2.05, 4.69) is 11.8 Å². The Hall–Kier alpha value is -2.21. The molecule has 0 aromatic heterocycles. The van der Waals surface area contributed by atoms with E-state index in [-0.39, 0.29) is 5.97 Å². The third-order valence-electron chi connectivity index (χ3n) is 3.44. The Morgan fingerprint density at radius 2 is 2.14 bits per heavy atom. The molecule has 2 rings (SSSR count). The molecule has 0 atom stereocenters. The van der Waals surface area contributed by atoms with Crippen LogP contribution in [0, 0.1) is 24.7 Å². The van der Waals surface area contributed by atoms with Gasteiger partial charge in [-0.2, -0.15) is 0 Å². The standard InChI is InChI=1S/C18H20O3/c1-13-4-5-15(9-8-14-6-7-14)10-16(13)11-17(12-20-2)18(19)21-3/h4-5,10,12,14H,6-7,11H2,1-3H3/b17-12+. The van der Waals surface area contributed by atoms with Crippen molar-refractivity contribution >= 4 is 5.97 Å². The van der Waals surface area contributed by atoms with Crippen molar-refractivity contribution in [2.24, 2.45) is 5.92 Å². The van der Waals surface area contributed by atoms with Gasteiger partial charge in [-0.15, -0.1) is 0 Å². The van der Waals surface area contributed by atoms with E-state index in [1.54, 1.807) is 0 Å². The highest BCUT2D eigenvalue weighted by atomic mass is 16.5. The number of rotatable bonds is 4. The smallest absolute Gasteiger partial charge is 0.337 e. The zero-order chi connectivity index (χ0) is 15.2. The molecule has 0 spiro atoms. The summed E-state index contributed by atoms with van der Waals surface area (Å²) < 4.78 is 9.74. The van der Waals surface area contributed by atoms with Crippen molar-refractivity contribution in [3.8, 4) is 11.8 Å². The first kappa shape index (κ1) is 15.2. The highest BCUT2D eigenvalue weighted by molar-refractivity contribution is 5.88. The molecule has 1 saturated carbocycles. The number of carbonyl (C=O) groups is 1. The number of benzene rings is 1. The van der Waals surface area contributed by atoms with Crippen molar-refractivity contribution < 1.29 is 14.3 Å². The maximum absolute atomic E-state index is 11.7. The van der Waals surface area contributed by atoms with Gasteiger partial charge in [-0.25, -0.2) is 4.79 Å². The van der Waals surface area contributed by atoms with E-state index in [1.807, 2.05) is 25.1 Å². The maximum atomic E-state index is 11.7. The lowest BCUT2D eigenvalue weighted by Gasteiger charge is -2.09. The van der Waals surface area contributed by atoms with Crippen LogP contribution in [0.15, 0.2) is 30.0 Å². The van der Waals surface area contributed by atoms with Crippen LogP contribution in [0.2, 0.25) is 0 Å². The second-order valence-corrected chi connectivity index (χ2v) is 5.23. The second kappa shape index (κ2) is 6.99. The summed E-state index contributed by atoms with van der Waals surface area (Å²) in [5.74, 6) is 6.66. The fourth-order valence-corrected chi connectivity index (χ4v) is 1.99. The fraction of sp³-hybridized carbons (Fsp3) is 0.389. The largest absolute Gasteiger partial charge is 0.504 e. The van der Waals surface area contributed by atoms with Crippen molar-refractivity contribution in [3.63, 3.8) is 0 Å². The summed E-state index contributed by atoms with van der Waals surface area (Å²) in [5, 5.41) is 0. The van der Waals surface area contributed by atoms with E-state index in [0.29, 0.717) is 17.9 Å². The Morgan fingerprint density at radius 3 is 2.76 bits per heavy atom. The minimum absolute atomic E-state index is 0.370. The van der Waals surface area contributed by atoms with E-state index in [0.717, 1.165) is 16.7 Å². The van der Waals surface area contributed by atoms with Crippen LogP contribution in [-0.2, 0) is 20.7 Å². The molecule has 1 aromatic rings. The van der Waals surface area contributed by atoms with Gasteiger partial charge in [-0.1, -0.05) is 17.9 Å². The van der Waals surface area contributed by atoms with Gasteiger partial charge in [0.2, 0.25) is 0 Å². The molecule has 0 N–H and O–H groups in total. The van der Waals surface area contributed by atoms with Crippen LogP contribution in [0.1, 0.15) is 29.5 Å². The highest BCUT2D eigenvalue weighted by Gasteiger charge is 2.18. The second-order valence-electron chi connectivity index (χ2n) is 5.23. The van der Waals surface area contributed by atoms with Gasteiger partial charge in [0.15, 0.2) is 0 Å². The Balaban J connectivity index is 2.21. The van der Waals surface area contributed by atoms with Gasteiger partial charge in [-0.3, -0.25) is 0 Å². The van der Waals surface area contributed by atoms with Gasteiger partial charge in [0, 0.05) is 17.9 Å². The predicted molar refractivity (Wildman–Crippen MR) is 81.6 cm³/mol. The molecule has 0 radical (unpaired) electrons. The first-order chi connectivity index (χ1) is 10.1. The number of hydrogen-bond acceptors (Lipinski definition) is 3. The Bertz CT molecular complexity index is 613. The topological polar surface area (TPSA) is 35.5 Å². The lowest BCUT2D eigenvalue weighted by atomic mass is 9.99. The molecule has 21 heavy (non-hydrogen) atoms. The maximum Gasteiger partial charge on any atom is 0.337 e. The van der Waals surface area contributed by atoms with Crippen molar-refractivity contribution in [2.45, 2.75) is 26.2 Å². The summed E-state index contributed by atoms with van der Waals surface area (Å²) in [6.07, 6.45) is 4.35. The molecule has 1 aliphatic carbocycles. The van der Waals surface area contributed by atoms with Gasteiger partial charge in [0.25, 0.3) is 0 Å². The molecular weight excluding hydrogens is 264 g/mol. The Morgan fingerprint density at radius 1 is 1.38 bits per heavy atom. The molecule has 0 aliphatic heterocycles. The van der Waals surface area contributed by atoms with Crippen molar-refractivity contribution in [2.75, 3.05) is 14.2 Å². The normalized spacial score (nSPS) is 14.1. The van der Waals surface area contributed by atoms with E-state index in [4.69, 9.17) is 9.47 Å². The molecule has 1 aliphatic rings. The van der Waals surface area contributed by atoms with E-state index in [1.165, 1.54) is 33.3 Å². The van der Waals surface area contributed by atoms with Crippen LogP contribution in [0.5, 0.6) is 0 Å². The lowest BCUT2D eigenvalue weighted by Crippen LogP contribution is -2.08. The third kappa shape index (κ3) is 4.39. The highest BCUT2D eigenvalue weighted by Crippen LogP contribution is 2.27. The molecule has 0 saturated heterocycles. The first-order valence-corrected chi connectivity index (χ1v) is 7.05. The van der Waals surface area contributed by atoms with Crippen molar-refractivity contribution in [1.82, 2.24) is 0 Å². The van der Waals surface area contributed by atoms with Crippen LogP contribution in [-0.4, -0.2) is 20.2 Å². The molecule has 0 amide bonds. The van der Waals surface area contributed by atoms with Crippen LogP contribution in [0.3, 0.4) is 0 Å². The zero-order valence-electron chi connectivity index (χ0n) is 12.7. The minimum atomic E-state index is -0.370. The minimum Gasteiger partial charge on any atom is -0.504 e. The number of carbonyl (C=O) groups excluding carboxylic acids is 1. The van der Waals surface area contributed by atoms with Crippen LogP contribution < -0.4 is 0 Å². The van der Waals surface area contributed by atoms with Crippen LogP contribution >= 0.6 is 0 Å². The van der Waals surface area contributed by atoms with Gasteiger partial charge >= 0.3 is 5.97 Å². The number of hydrogen-bond donors (Lipinski definition) is 0. The lowest BCUT2D eigenvalue weighted by molar-refractivity contribution is -0.136. The number of esters is 1. The molecule has 110 valence electrons. The van der Waals surface area contributed by atoms with Crippen molar-refractivity contribution in [3.05, 3.63) is 46.7 Å². The Labute approximate surface area is 126 Å². The molecule has 3 heteroatoms. The summed E-state index contributed by atoms with van der Waals surface area (Å²) in [6, 6.07) is 6.09. The third-order valence-corrected chi connectivity index (χ3v) is 3.44. The molecule has 0 bridgehead atoms. The van der Waals surface area contributed by atoms with E-state index in [9.17, 15) is 4.79 Å². The summed E-state index contributed by atoms with van der Waals surface area (Å²) in [4.78, 5) is 11.7. The average molecular weight is 284 g/mol. The summed E-state index contributed by atoms with van der Waals surface area (Å²) in [7, 11) is 2.89. The summed E-state index contributed by atoms with van der Waals surface area (Å²) in [5.41, 5.74) is 3.67. The predicted octanol–water partition coefficient (Wildman–Crippen LogP) is 3.00. The summed E-state index contributed by atoms with van der Waals surface area (Å²) in [6.45, 7) is 2.02. The monoisotopic (exact) mass is 284 g/mol. The van der Waals surface area contributed by atoms with Crippen LogP contribution in [0.4, 0.5) is 0 Å². The molecule has 3 nitrogen and oxygen atoms in total. The average Bonchev–Trinajstić information content (AvgIpc) is 3.30. The van der Waals surface area contributed by atoms with Gasteiger partial charge in [0.05, 0.1) is 26.1 Å². The van der Waals surface area contributed by atoms with Crippen LogP contribution in [0.25, 0.3) is 0 Å². The molecular formula is C18H20O3. The molecule has 1 aromatic carbocycles. The van der Waals surface area contributed by atoms with Gasteiger partial charge in [0.1, 0.15) is 0 Å². The SMILES string of the molecule is CO/C=C(\Cc1cc(C#CC2CC2)ccc1C)C(=O)OC. The fourth-order valence-electron chi connectivity index (χ4n) is 1.99. The first-order valence-electron chi connectivity index (χ1n) is 7.05. The number of ether oxygens (including phenoxy) is 2. The number of aryl methyl sites for hydroxylation is 1. The van der Waals surface area contributed by atoms with Gasteiger partial charge < -0.3 is 9.47 Å². The van der Waals surface area contributed by atoms with Gasteiger partial charge in [-0.05, 0) is 43.0 Å². The molecule has 0 heterocycles. The zero-order valence-corrected chi connectivity index (χ0v) is 12.7. The molecule has 1 fully saturated rings. The Kier molecular flexibility index (Phi) is 5.05. The number of methoxy groups -OCH3 is 2. The molecule has 0 unspecified atom stereocenters. The van der Waals surface area contributed by atoms with E-state index >= 15 is 0 Å². The quantitative estimate of drug-likeness (QED) is 0.369. The van der Waals surface area contributed by atoms with E-state index < -0.39 is 0 Å². The summed E-state index contributed by atoms with van der Waals surface area (Å²) >= 11 is 0. The van der Waals surface area contributed by atoms with Crippen molar-refractivity contribution in [1.29, 1.82) is 0 Å².